The van der Waals surface area contributed by atoms with E-state index in [0.29, 0.717) is 13.1 Å². The molecule has 190 valence electrons. The Kier molecular flexibility index (Phi) is 7.83. The van der Waals surface area contributed by atoms with E-state index < -0.39 is 0 Å². The molecule has 8 nitrogen and oxygen atoms in total. The molecule has 2 aromatic carbocycles. The van der Waals surface area contributed by atoms with Gasteiger partial charge >= 0.3 is 0 Å². The maximum atomic E-state index is 13.1. The highest BCUT2D eigenvalue weighted by Gasteiger charge is 2.25. The Labute approximate surface area is 212 Å². The lowest BCUT2D eigenvalue weighted by Crippen LogP contribution is -2.41. The Morgan fingerprint density at radius 3 is 2.58 bits per heavy atom. The van der Waals surface area contributed by atoms with Crippen molar-refractivity contribution in [1.82, 2.24) is 19.8 Å². The van der Waals surface area contributed by atoms with E-state index in [1.165, 1.54) is 5.56 Å². The van der Waals surface area contributed by atoms with Crippen molar-refractivity contribution in [3.63, 3.8) is 0 Å². The number of likely N-dealkylation sites (tertiary alicyclic amines) is 1. The second-order valence-corrected chi connectivity index (χ2v) is 9.61. The number of hydrogen-bond acceptors (Lipinski definition) is 6. The Morgan fingerprint density at radius 1 is 1.08 bits per heavy atom. The zero-order valence-electron chi connectivity index (χ0n) is 20.9. The molecule has 1 amide bonds. The highest BCUT2D eigenvalue weighted by molar-refractivity contribution is 5.94. The van der Waals surface area contributed by atoms with Gasteiger partial charge in [0.15, 0.2) is 0 Å². The first-order valence-electron chi connectivity index (χ1n) is 12.8. The fourth-order valence-corrected chi connectivity index (χ4v) is 4.91. The lowest BCUT2D eigenvalue weighted by molar-refractivity contribution is 0.0595. The molecule has 2 fully saturated rings. The third-order valence-electron chi connectivity index (χ3n) is 6.85. The summed E-state index contributed by atoms with van der Waals surface area (Å²) in [6, 6.07) is 16.3. The van der Waals surface area contributed by atoms with E-state index >= 15 is 0 Å². The summed E-state index contributed by atoms with van der Waals surface area (Å²) in [4.78, 5) is 27.0. The van der Waals surface area contributed by atoms with Crippen LogP contribution in [0.4, 0.5) is 5.69 Å². The third kappa shape index (κ3) is 6.25. The van der Waals surface area contributed by atoms with Crippen LogP contribution in [0.25, 0.3) is 0 Å². The van der Waals surface area contributed by atoms with Crippen LogP contribution in [0.5, 0.6) is 5.75 Å². The zero-order chi connectivity index (χ0) is 24.7. The van der Waals surface area contributed by atoms with Gasteiger partial charge in [0.1, 0.15) is 17.7 Å². The average Bonchev–Trinajstić information content (AvgIpc) is 3.42. The fourth-order valence-electron chi connectivity index (χ4n) is 4.91. The number of benzene rings is 2. The molecule has 0 bridgehead atoms. The average molecular weight is 490 g/mol. The monoisotopic (exact) mass is 489 g/mol. The maximum absolute atomic E-state index is 13.1. The van der Waals surface area contributed by atoms with Crippen molar-refractivity contribution in [3.8, 4) is 5.75 Å². The predicted octanol–water partition coefficient (Wildman–Crippen LogP) is 3.56. The number of carbonyl (C=O) groups excluding carboxylic acids is 1. The lowest BCUT2D eigenvalue weighted by Gasteiger charge is -2.32. The van der Waals surface area contributed by atoms with Crippen LogP contribution >= 0.6 is 0 Å². The van der Waals surface area contributed by atoms with Crippen molar-refractivity contribution >= 4 is 11.6 Å². The van der Waals surface area contributed by atoms with Gasteiger partial charge in [-0.15, -0.1) is 0 Å². The van der Waals surface area contributed by atoms with E-state index in [-0.39, 0.29) is 12.0 Å². The predicted molar refractivity (Wildman–Crippen MR) is 139 cm³/mol. The van der Waals surface area contributed by atoms with Crippen LogP contribution in [0.2, 0.25) is 0 Å². The van der Waals surface area contributed by atoms with Gasteiger partial charge in [-0.3, -0.25) is 9.69 Å². The quantitative estimate of drug-likeness (QED) is 0.522. The first-order valence-corrected chi connectivity index (χ1v) is 12.8. The summed E-state index contributed by atoms with van der Waals surface area (Å²) >= 11 is 0. The molecule has 2 aliphatic rings. The number of H-pyrrole nitrogens is 1. The van der Waals surface area contributed by atoms with Crippen molar-refractivity contribution in [2.75, 3.05) is 51.3 Å². The third-order valence-corrected chi connectivity index (χ3v) is 6.85. The van der Waals surface area contributed by atoms with Crippen molar-refractivity contribution in [3.05, 3.63) is 77.9 Å². The van der Waals surface area contributed by atoms with E-state index in [9.17, 15) is 4.79 Å². The summed E-state index contributed by atoms with van der Waals surface area (Å²) in [6.45, 7) is 6.29. The van der Waals surface area contributed by atoms with Gasteiger partial charge in [0.25, 0.3) is 5.91 Å². The number of hydrogen-bond donors (Lipinski definition) is 1. The second-order valence-electron chi connectivity index (χ2n) is 9.61. The number of anilines is 1. The van der Waals surface area contributed by atoms with Crippen LogP contribution in [0.1, 0.15) is 34.6 Å². The van der Waals surface area contributed by atoms with Gasteiger partial charge in [-0.1, -0.05) is 12.1 Å². The number of imidazole rings is 1. The Hall–Kier alpha value is -3.36. The minimum Gasteiger partial charge on any atom is -0.490 e. The molecule has 5 rings (SSSR count). The Bertz CT molecular complexity index is 1100. The highest BCUT2D eigenvalue weighted by atomic mass is 16.5. The molecule has 0 atom stereocenters. The van der Waals surface area contributed by atoms with Gasteiger partial charge in [-0.25, -0.2) is 4.98 Å². The molecule has 3 heterocycles. The molecule has 0 aliphatic carbocycles. The van der Waals surface area contributed by atoms with Crippen molar-refractivity contribution in [1.29, 1.82) is 0 Å². The van der Waals surface area contributed by atoms with Gasteiger partial charge in [0, 0.05) is 69.2 Å². The van der Waals surface area contributed by atoms with Crippen LogP contribution in [0.3, 0.4) is 0 Å². The first kappa shape index (κ1) is 24.3. The molecule has 3 aromatic rings. The molecule has 0 spiro atoms. The van der Waals surface area contributed by atoms with Crippen molar-refractivity contribution in [2.24, 2.45) is 0 Å². The molecule has 36 heavy (non-hydrogen) atoms. The van der Waals surface area contributed by atoms with E-state index in [2.05, 4.69) is 38.9 Å². The summed E-state index contributed by atoms with van der Waals surface area (Å²) < 4.78 is 11.7. The SMILES string of the molecule is CN(Cc1cccc(OC2CCN(C(=O)c3ccc(N4CCOCC4)cc3)CC2)c1)Cc1ncc[nH]1. The number of ether oxygens (including phenoxy) is 2. The summed E-state index contributed by atoms with van der Waals surface area (Å²) in [5.41, 5.74) is 3.10. The molecule has 0 saturated carbocycles. The zero-order valence-corrected chi connectivity index (χ0v) is 20.9. The van der Waals surface area contributed by atoms with Crippen LogP contribution in [-0.4, -0.2) is 78.2 Å². The molecule has 1 aromatic heterocycles. The van der Waals surface area contributed by atoms with Crippen molar-refractivity contribution in [2.45, 2.75) is 32.0 Å². The van der Waals surface area contributed by atoms with E-state index in [4.69, 9.17) is 9.47 Å². The summed E-state index contributed by atoms with van der Waals surface area (Å²) in [7, 11) is 2.08. The first-order chi connectivity index (χ1) is 17.6. The fraction of sp³-hybridized carbons (Fsp3) is 0.429. The normalized spacial score (nSPS) is 16.9. The van der Waals surface area contributed by atoms with Crippen LogP contribution in [0.15, 0.2) is 60.9 Å². The number of piperidine rings is 1. The number of amides is 1. The Balaban J connectivity index is 1.10. The van der Waals surface area contributed by atoms with Crippen molar-refractivity contribution < 1.29 is 14.3 Å². The summed E-state index contributed by atoms with van der Waals surface area (Å²) in [6.07, 6.45) is 5.41. The molecular formula is C28H35N5O3. The van der Waals surface area contributed by atoms with E-state index in [1.807, 2.05) is 47.5 Å². The van der Waals surface area contributed by atoms with Gasteiger partial charge in [0.05, 0.1) is 19.8 Å². The number of nitrogens with one attached hydrogen (secondary N) is 1. The molecule has 2 aliphatic heterocycles. The van der Waals surface area contributed by atoms with Gasteiger partial charge in [0.2, 0.25) is 0 Å². The molecule has 1 N–H and O–H groups in total. The highest BCUT2D eigenvalue weighted by Crippen LogP contribution is 2.23. The summed E-state index contributed by atoms with van der Waals surface area (Å²) in [5.74, 6) is 1.95. The van der Waals surface area contributed by atoms with Crippen LogP contribution in [-0.2, 0) is 17.8 Å². The number of aromatic nitrogens is 2. The lowest BCUT2D eigenvalue weighted by atomic mass is 10.1. The van der Waals surface area contributed by atoms with Gasteiger partial charge in [-0.2, -0.15) is 0 Å². The standard InChI is InChI=1S/C28H35N5O3/c1-31(21-27-29-11-12-30-27)20-22-3-2-4-26(19-22)36-25-9-13-33(14-10-25)28(34)23-5-7-24(8-6-23)32-15-17-35-18-16-32/h2-8,11-12,19,25H,9-10,13-18,20-21H2,1H3,(H,29,30). The van der Waals surface area contributed by atoms with Crippen LogP contribution < -0.4 is 9.64 Å². The van der Waals surface area contributed by atoms with E-state index in [1.54, 1.807) is 6.20 Å². The van der Waals surface area contributed by atoms with Gasteiger partial charge in [-0.05, 0) is 49.0 Å². The number of aromatic amines is 1. The molecular weight excluding hydrogens is 454 g/mol. The maximum Gasteiger partial charge on any atom is 0.253 e. The molecule has 0 unspecified atom stereocenters. The topological polar surface area (TPSA) is 73.9 Å². The van der Waals surface area contributed by atoms with Crippen LogP contribution in [0, 0.1) is 0 Å². The Morgan fingerprint density at radius 2 is 1.86 bits per heavy atom. The second kappa shape index (κ2) is 11.6. The molecule has 0 radical (unpaired) electrons. The minimum atomic E-state index is 0.101. The number of carbonyl (C=O) groups is 1. The minimum absolute atomic E-state index is 0.101. The largest absolute Gasteiger partial charge is 0.490 e. The number of nitrogens with zero attached hydrogens (tertiary/aromatic N) is 4. The molecule has 8 heteroatoms. The van der Waals surface area contributed by atoms with E-state index in [0.717, 1.165) is 75.1 Å². The molecule has 2 saturated heterocycles. The number of rotatable bonds is 8. The number of morpholine rings is 1. The summed E-state index contributed by atoms with van der Waals surface area (Å²) in [5, 5.41) is 0. The van der Waals surface area contributed by atoms with Gasteiger partial charge < -0.3 is 24.3 Å². The smallest absolute Gasteiger partial charge is 0.253 e.